The van der Waals surface area contributed by atoms with Crippen molar-refractivity contribution in [3.8, 4) is 23.0 Å². The summed E-state index contributed by atoms with van der Waals surface area (Å²) in [4.78, 5) is 12.1. The van der Waals surface area contributed by atoms with Gasteiger partial charge in [-0.2, -0.15) is 8.78 Å². The lowest BCUT2D eigenvalue weighted by Crippen LogP contribution is -2.28. The monoisotopic (exact) mass is 407 g/mol. The molecule has 0 aliphatic heterocycles. The molecule has 0 saturated heterocycles. The van der Waals surface area contributed by atoms with E-state index in [0.717, 1.165) is 5.56 Å². The molecule has 0 unspecified atom stereocenters. The second-order valence-electron chi connectivity index (χ2n) is 5.84. The van der Waals surface area contributed by atoms with Gasteiger partial charge in [-0.05, 0) is 42.3 Å². The van der Waals surface area contributed by atoms with Gasteiger partial charge in [-0.3, -0.25) is 4.79 Å². The molecule has 0 bridgehead atoms. The first-order valence-corrected chi connectivity index (χ1v) is 8.78. The molecule has 0 aliphatic rings. The van der Waals surface area contributed by atoms with Gasteiger partial charge < -0.3 is 24.3 Å². The Morgan fingerprint density at radius 3 is 2.38 bits per heavy atom. The third-order valence-electron chi connectivity index (χ3n) is 3.84. The standard InChI is InChI=1S/C21H23F2NO5/c1-4-5-14-6-8-16(18(10-14)26-2)28-13-20(25)24-12-15-7-9-17(29-21(22)23)19(11-15)27-3/h4-11,21H,12-13H2,1-3H3,(H,24,25)/b5-4+. The number of carbonyl (C=O) groups excluding carboxylic acids is 1. The van der Waals surface area contributed by atoms with E-state index in [-0.39, 0.29) is 30.6 Å². The number of halogens is 2. The summed E-state index contributed by atoms with van der Waals surface area (Å²) in [6.07, 6.45) is 3.83. The molecule has 29 heavy (non-hydrogen) atoms. The van der Waals surface area contributed by atoms with E-state index < -0.39 is 6.61 Å². The summed E-state index contributed by atoms with van der Waals surface area (Å²) in [6, 6.07) is 9.83. The van der Waals surface area contributed by atoms with Gasteiger partial charge >= 0.3 is 6.61 Å². The fourth-order valence-corrected chi connectivity index (χ4v) is 2.51. The number of alkyl halides is 2. The van der Waals surface area contributed by atoms with Crippen LogP contribution in [0.15, 0.2) is 42.5 Å². The van der Waals surface area contributed by atoms with Crippen LogP contribution in [0.2, 0.25) is 0 Å². The Morgan fingerprint density at radius 2 is 1.72 bits per heavy atom. The molecule has 0 saturated carbocycles. The van der Waals surface area contributed by atoms with Crippen LogP contribution in [-0.2, 0) is 11.3 Å². The first kappa shape index (κ1) is 22.0. The van der Waals surface area contributed by atoms with Gasteiger partial charge in [0.2, 0.25) is 0 Å². The molecule has 0 fully saturated rings. The Hall–Kier alpha value is -3.29. The van der Waals surface area contributed by atoms with E-state index in [1.807, 2.05) is 31.2 Å². The fourth-order valence-electron chi connectivity index (χ4n) is 2.51. The van der Waals surface area contributed by atoms with E-state index in [0.29, 0.717) is 17.1 Å². The van der Waals surface area contributed by atoms with Crippen molar-refractivity contribution in [2.24, 2.45) is 0 Å². The number of rotatable bonds is 10. The third kappa shape index (κ3) is 6.67. The topological polar surface area (TPSA) is 66.0 Å². The van der Waals surface area contributed by atoms with Crippen molar-refractivity contribution in [2.75, 3.05) is 20.8 Å². The van der Waals surface area contributed by atoms with E-state index in [2.05, 4.69) is 10.1 Å². The summed E-state index contributed by atoms with van der Waals surface area (Å²) < 4.78 is 45.0. The van der Waals surface area contributed by atoms with Gasteiger partial charge in [0, 0.05) is 6.54 Å². The molecule has 6 nitrogen and oxygen atoms in total. The second kappa shape index (κ2) is 10.9. The molecule has 0 aromatic heterocycles. The van der Waals surface area contributed by atoms with Crippen molar-refractivity contribution in [3.63, 3.8) is 0 Å². The van der Waals surface area contributed by atoms with E-state index in [4.69, 9.17) is 14.2 Å². The Morgan fingerprint density at radius 1 is 1.03 bits per heavy atom. The number of methoxy groups -OCH3 is 2. The largest absolute Gasteiger partial charge is 0.493 e. The molecule has 8 heteroatoms. The van der Waals surface area contributed by atoms with E-state index in [1.54, 1.807) is 12.1 Å². The van der Waals surface area contributed by atoms with Crippen LogP contribution in [-0.4, -0.2) is 33.3 Å². The third-order valence-corrected chi connectivity index (χ3v) is 3.84. The molecule has 2 rings (SSSR count). The highest BCUT2D eigenvalue weighted by Gasteiger charge is 2.12. The van der Waals surface area contributed by atoms with Crippen molar-refractivity contribution < 1.29 is 32.5 Å². The summed E-state index contributed by atoms with van der Waals surface area (Å²) in [6.45, 7) is -1.07. The predicted molar refractivity (Wildman–Crippen MR) is 105 cm³/mol. The lowest BCUT2D eigenvalue weighted by molar-refractivity contribution is -0.123. The molecular formula is C21H23F2NO5. The molecule has 0 aliphatic carbocycles. The normalized spacial score (nSPS) is 10.8. The Balaban J connectivity index is 1.92. The average molecular weight is 407 g/mol. The van der Waals surface area contributed by atoms with Gasteiger partial charge in [0.05, 0.1) is 14.2 Å². The number of nitrogens with one attached hydrogen (secondary N) is 1. The molecule has 156 valence electrons. The number of allylic oxidation sites excluding steroid dienone is 1. The van der Waals surface area contributed by atoms with Crippen LogP contribution in [0.3, 0.4) is 0 Å². The summed E-state index contributed by atoms with van der Waals surface area (Å²) in [5.41, 5.74) is 1.61. The predicted octanol–water partition coefficient (Wildman–Crippen LogP) is 4.03. The molecule has 0 heterocycles. The van der Waals surface area contributed by atoms with Gasteiger partial charge in [-0.1, -0.05) is 24.3 Å². The van der Waals surface area contributed by atoms with Gasteiger partial charge in [0.1, 0.15) is 0 Å². The Labute approximate surface area is 168 Å². The van der Waals surface area contributed by atoms with Crippen molar-refractivity contribution in [3.05, 3.63) is 53.6 Å². The van der Waals surface area contributed by atoms with Crippen LogP contribution in [0, 0.1) is 0 Å². The van der Waals surface area contributed by atoms with Gasteiger partial charge in [-0.25, -0.2) is 0 Å². The average Bonchev–Trinajstić information content (AvgIpc) is 2.71. The van der Waals surface area contributed by atoms with Crippen molar-refractivity contribution in [2.45, 2.75) is 20.1 Å². The van der Waals surface area contributed by atoms with Crippen LogP contribution in [0.5, 0.6) is 23.0 Å². The van der Waals surface area contributed by atoms with Gasteiger partial charge in [0.25, 0.3) is 5.91 Å². The minimum absolute atomic E-state index is 0.0747. The zero-order valence-electron chi connectivity index (χ0n) is 16.4. The van der Waals surface area contributed by atoms with E-state index in [1.165, 1.54) is 26.4 Å². The zero-order chi connectivity index (χ0) is 21.2. The number of carbonyl (C=O) groups is 1. The van der Waals surface area contributed by atoms with Gasteiger partial charge in [-0.15, -0.1) is 0 Å². The first-order valence-electron chi connectivity index (χ1n) is 8.78. The number of benzene rings is 2. The van der Waals surface area contributed by atoms with E-state index >= 15 is 0 Å². The van der Waals surface area contributed by atoms with Crippen LogP contribution < -0.4 is 24.3 Å². The van der Waals surface area contributed by atoms with Crippen molar-refractivity contribution in [1.82, 2.24) is 5.32 Å². The van der Waals surface area contributed by atoms with E-state index in [9.17, 15) is 13.6 Å². The quantitative estimate of drug-likeness (QED) is 0.644. The maximum Gasteiger partial charge on any atom is 0.387 e. The van der Waals surface area contributed by atoms with Crippen LogP contribution in [0.1, 0.15) is 18.1 Å². The first-order chi connectivity index (χ1) is 14.0. The fraction of sp³-hybridized carbons (Fsp3) is 0.286. The second-order valence-corrected chi connectivity index (χ2v) is 5.84. The maximum absolute atomic E-state index is 12.4. The minimum atomic E-state index is -2.95. The van der Waals surface area contributed by atoms with Crippen molar-refractivity contribution >= 4 is 12.0 Å². The minimum Gasteiger partial charge on any atom is -0.493 e. The molecular weight excluding hydrogens is 384 g/mol. The van der Waals surface area contributed by atoms with Crippen LogP contribution in [0.25, 0.3) is 6.08 Å². The SMILES string of the molecule is C/C=C/c1ccc(OCC(=O)NCc2ccc(OC(F)F)c(OC)c2)c(OC)c1. The molecule has 0 radical (unpaired) electrons. The highest BCUT2D eigenvalue weighted by Crippen LogP contribution is 2.30. The highest BCUT2D eigenvalue weighted by atomic mass is 19.3. The smallest absolute Gasteiger partial charge is 0.387 e. The van der Waals surface area contributed by atoms with Crippen LogP contribution >= 0.6 is 0 Å². The summed E-state index contributed by atoms with van der Waals surface area (Å²) in [7, 11) is 2.87. The summed E-state index contributed by atoms with van der Waals surface area (Å²) in [5.74, 6) is 0.698. The number of amides is 1. The summed E-state index contributed by atoms with van der Waals surface area (Å²) >= 11 is 0. The number of hydrogen-bond acceptors (Lipinski definition) is 5. The molecule has 2 aromatic rings. The Bertz CT molecular complexity index is 855. The molecule has 0 atom stereocenters. The lowest BCUT2D eigenvalue weighted by atomic mass is 10.2. The molecule has 1 amide bonds. The highest BCUT2D eigenvalue weighted by molar-refractivity contribution is 5.77. The van der Waals surface area contributed by atoms with Crippen molar-refractivity contribution in [1.29, 1.82) is 0 Å². The number of ether oxygens (including phenoxy) is 4. The summed E-state index contributed by atoms with van der Waals surface area (Å²) in [5, 5.41) is 2.69. The molecule has 1 N–H and O–H groups in total. The maximum atomic E-state index is 12.4. The molecule has 2 aromatic carbocycles. The Kier molecular flexibility index (Phi) is 8.27. The number of hydrogen-bond donors (Lipinski definition) is 1. The lowest BCUT2D eigenvalue weighted by Gasteiger charge is -2.13. The van der Waals surface area contributed by atoms with Crippen LogP contribution in [0.4, 0.5) is 8.78 Å². The van der Waals surface area contributed by atoms with Gasteiger partial charge in [0.15, 0.2) is 29.6 Å². The molecule has 0 spiro atoms. The zero-order valence-corrected chi connectivity index (χ0v) is 16.4.